The van der Waals surface area contributed by atoms with E-state index in [2.05, 4.69) is 71.0 Å². The zero-order valence-corrected chi connectivity index (χ0v) is 12.5. The molecule has 0 amide bonds. The molecule has 1 aromatic carbocycles. The van der Waals surface area contributed by atoms with Crippen molar-refractivity contribution in [2.45, 2.75) is 20.4 Å². The van der Waals surface area contributed by atoms with E-state index in [0.717, 1.165) is 31.3 Å². The van der Waals surface area contributed by atoms with Crippen LogP contribution in [0.15, 0.2) is 42.7 Å². The van der Waals surface area contributed by atoms with E-state index in [0.29, 0.717) is 0 Å². The quantitative estimate of drug-likeness (QED) is 0.808. The highest BCUT2D eigenvalue weighted by atomic mass is 15.2. The Balaban J connectivity index is 2.14. The third-order valence-corrected chi connectivity index (χ3v) is 3.38. The van der Waals surface area contributed by atoms with Gasteiger partial charge in [-0.25, -0.2) is 9.97 Å². The molecule has 106 valence electrons. The van der Waals surface area contributed by atoms with E-state index in [1.165, 1.54) is 5.56 Å². The lowest BCUT2D eigenvalue weighted by molar-refractivity contribution is 0.832. The van der Waals surface area contributed by atoms with Crippen molar-refractivity contribution in [3.05, 3.63) is 48.3 Å². The lowest BCUT2D eigenvalue weighted by Crippen LogP contribution is -2.24. The Morgan fingerprint density at radius 2 is 1.60 bits per heavy atom. The summed E-state index contributed by atoms with van der Waals surface area (Å²) >= 11 is 0. The molecule has 0 fully saturated rings. The van der Waals surface area contributed by atoms with Gasteiger partial charge in [0.05, 0.1) is 0 Å². The van der Waals surface area contributed by atoms with E-state index in [4.69, 9.17) is 0 Å². The van der Waals surface area contributed by atoms with Crippen molar-refractivity contribution in [1.29, 1.82) is 0 Å². The zero-order chi connectivity index (χ0) is 14.4. The largest absolute Gasteiger partial charge is 0.357 e. The smallest absolute Gasteiger partial charge is 0.134 e. The maximum absolute atomic E-state index is 4.37. The monoisotopic (exact) mass is 270 g/mol. The molecule has 0 saturated heterocycles. The summed E-state index contributed by atoms with van der Waals surface area (Å²) in [6.07, 6.45) is 1.64. The van der Waals surface area contributed by atoms with Crippen molar-refractivity contribution < 1.29 is 0 Å². The second kappa shape index (κ2) is 6.89. The Hall–Kier alpha value is -2.10. The van der Waals surface area contributed by atoms with Crippen LogP contribution in [0.1, 0.15) is 19.4 Å². The van der Waals surface area contributed by atoms with Crippen molar-refractivity contribution in [3.8, 4) is 0 Å². The average Bonchev–Trinajstić information content (AvgIpc) is 2.50. The Bertz CT molecular complexity index is 523. The van der Waals surface area contributed by atoms with Gasteiger partial charge in [-0.2, -0.15) is 0 Å². The molecule has 4 heteroatoms. The SMILES string of the molecule is CCN(CC)c1cc(N(C)Cc2ccccc2)ncn1. The number of aromatic nitrogens is 2. The lowest BCUT2D eigenvalue weighted by atomic mass is 10.2. The van der Waals surface area contributed by atoms with Crippen molar-refractivity contribution in [3.63, 3.8) is 0 Å². The molecular weight excluding hydrogens is 248 g/mol. The number of hydrogen-bond donors (Lipinski definition) is 0. The zero-order valence-electron chi connectivity index (χ0n) is 12.5. The summed E-state index contributed by atoms with van der Waals surface area (Å²) in [5.74, 6) is 1.94. The van der Waals surface area contributed by atoms with Gasteiger partial charge in [-0.1, -0.05) is 30.3 Å². The van der Waals surface area contributed by atoms with Gasteiger partial charge in [-0.15, -0.1) is 0 Å². The maximum atomic E-state index is 4.37. The summed E-state index contributed by atoms with van der Waals surface area (Å²) in [5, 5.41) is 0. The molecule has 0 unspecified atom stereocenters. The molecule has 0 atom stereocenters. The van der Waals surface area contributed by atoms with Crippen LogP contribution in [0.25, 0.3) is 0 Å². The standard InChI is InChI=1S/C16H22N4/c1-4-20(5-2)16-11-15(17-13-18-16)19(3)12-14-9-7-6-8-10-14/h6-11,13H,4-5,12H2,1-3H3. The molecule has 0 aliphatic rings. The normalized spacial score (nSPS) is 10.3. The minimum Gasteiger partial charge on any atom is -0.357 e. The Labute approximate surface area is 121 Å². The predicted octanol–water partition coefficient (Wildman–Crippen LogP) is 2.96. The molecule has 0 saturated carbocycles. The van der Waals surface area contributed by atoms with Gasteiger partial charge in [0.2, 0.25) is 0 Å². The summed E-state index contributed by atoms with van der Waals surface area (Å²) in [6, 6.07) is 12.5. The van der Waals surface area contributed by atoms with Crippen LogP contribution in [0, 0.1) is 0 Å². The van der Waals surface area contributed by atoms with E-state index >= 15 is 0 Å². The molecule has 20 heavy (non-hydrogen) atoms. The van der Waals surface area contributed by atoms with Crippen LogP contribution in [0.4, 0.5) is 11.6 Å². The molecule has 0 bridgehead atoms. The number of benzene rings is 1. The molecule has 1 heterocycles. The van der Waals surface area contributed by atoms with Crippen LogP contribution >= 0.6 is 0 Å². The van der Waals surface area contributed by atoms with Crippen molar-refractivity contribution in [1.82, 2.24) is 9.97 Å². The highest BCUT2D eigenvalue weighted by Gasteiger charge is 2.08. The Morgan fingerprint density at radius 3 is 2.25 bits per heavy atom. The molecule has 2 rings (SSSR count). The van der Waals surface area contributed by atoms with Gasteiger partial charge in [-0.05, 0) is 19.4 Å². The maximum Gasteiger partial charge on any atom is 0.134 e. The molecule has 2 aromatic rings. The lowest BCUT2D eigenvalue weighted by Gasteiger charge is -2.23. The fraction of sp³-hybridized carbons (Fsp3) is 0.375. The summed E-state index contributed by atoms with van der Waals surface area (Å²) < 4.78 is 0. The minimum atomic E-state index is 0.843. The first kappa shape index (κ1) is 14.3. The minimum absolute atomic E-state index is 0.843. The molecule has 0 spiro atoms. The molecule has 0 aliphatic carbocycles. The van der Waals surface area contributed by atoms with E-state index < -0.39 is 0 Å². The van der Waals surface area contributed by atoms with Crippen molar-refractivity contribution in [2.75, 3.05) is 29.9 Å². The van der Waals surface area contributed by atoms with Gasteiger partial charge in [-0.3, -0.25) is 0 Å². The average molecular weight is 270 g/mol. The van der Waals surface area contributed by atoms with Gasteiger partial charge < -0.3 is 9.80 Å². The molecule has 1 aromatic heterocycles. The van der Waals surface area contributed by atoms with Gasteiger partial charge in [0.25, 0.3) is 0 Å². The number of nitrogens with zero attached hydrogens (tertiary/aromatic N) is 4. The van der Waals surface area contributed by atoms with Crippen molar-refractivity contribution >= 4 is 11.6 Å². The summed E-state index contributed by atoms with van der Waals surface area (Å²) in [5.41, 5.74) is 1.28. The predicted molar refractivity (Wildman–Crippen MR) is 84.1 cm³/mol. The Morgan fingerprint density at radius 1 is 0.950 bits per heavy atom. The third-order valence-electron chi connectivity index (χ3n) is 3.38. The second-order valence-electron chi connectivity index (χ2n) is 4.75. The molecule has 0 radical (unpaired) electrons. The number of rotatable bonds is 6. The highest BCUT2D eigenvalue weighted by molar-refractivity contribution is 5.49. The fourth-order valence-corrected chi connectivity index (χ4v) is 2.20. The van der Waals surface area contributed by atoms with Crippen LogP contribution in [0.5, 0.6) is 0 Å². The molecule has 0 N–H and O–H groups in total. The van der Waals surface area contributed by atoms with Gasteiger partial charge in [0.15, 0.2) is 0 Å². The summed E-state index contributed by atoms with van der Waals surface area (Å²) in [7, 11) is 2.06. The third kappa shape index (κ3) is 3.47. The van der Waals surface area contributed by atoms with Gasteiger partial charge in [0.1, 0.15) is 18.0 Å². The first-order valence-corrected chi connectivity index (χ1v) is 7.06. The molecule has 4 nitrogen and oxygen atoms in total. The fourth-order valence-electron chi connectivity index (χ4n) is 2.20. The van der Waals surface area contributed by atoms with Crippen LogP contribution in [0.2, 0.25) is 0 Å². The van der Waals surface area contributed by atoms with Crippen LogP contribution in [-0.2, 0) is 6.54 Å². The van der Waals surface area contributed by atoms with E-state index in [1.54, 1.807) is 6.33 Å². The van der Waals surface area contributed by atoms with Crippen molar-refractivity contribution in [2.24, 2.45) is 0 Å². The first-order chi connectivity index (χ1) is 9.74. The highest BCUT2D eigenvalue weighted by Crippen LogP contribution is 2.18. The number of hydrogen-bond acceptors (Lipinski definition) is 4. The first-order valence-electron chi connectivity index (χ1n) is 7.06. The van der Waals surface area contributed by atoms with Crippen LogP contribution in [-0.4, -0.2) is 30.1 Å². The summed E-state index contributed by atoms with van der Waals surface area (Å²) in [4.78, 5) is 13.1. The topological polar surface area (TPSA) is 32.3 Å². The van der Waals surface area contributed by atoms with E-state index in [1.807, 2.05) is 6.07 Å². The second-order valence-corrected chi connectivity index (χ2v) is 4.75. The summed E-state index contributed by atoms with van der Waals surface area (Å²) in [6.45, 7) is 7.03. The van der Waals surface area contributed by atoms with Crippen LogP contribution < -0.4 is 9.80 Å². The van der Waals surface area contributed by atoms with E-state index in [-0.39, 0.29) is 0 Å². The van der Waals surface area contributed by atoms with Gasteiger partial charge in [0, 0.05) is 32.7 Å². The van der Waals surface area contributed by atoms with Gasteiger partial charge >= 0.3 is 0 Å². The molecular formula is C16H22N4. The number of anilines is 2. The Kier molecular flexibility index (Phi) is 4.93. The molecule has 0 aliphatic heterocycles. The van der Waals surface area contributed by atoms with E-state index in [9.17, 15) is 0 Å². The van der Waals surface area contributed by atoms with Crippen LogP contribution in [0.3, 0.4) is 0 Å².